The molecule has 1 amide bonds. The van der Waals surface area contributed by atoms with Crippen molar-refractivity contribution in [2.75, 3.05) is 18.0 Å². The number of carbonyl (C=O) groups excluding carboxylic acids is 1. The van der Waals surface area contributed by atoms with Gasteiger partial charge in [0, 0.05) is 36.7 Å². The molecule has 11 heteroatoms. The van der Waals surface area contributed by atoms with E-state index in [1.165, 1.54) is 6.07 Å². The summed E-state index contributed by atoms with van der Waals surface area (Å²) in [4.78, 5) is 29.6. The molecule has 6 rings (SSSR count). The van der Waals surface area contributed by atoms with Crippen LogP contribution in [0, 0.1) is 5.82 Å². The average Bonchev–Trinajstić information content (AvgIpc) is 3.11. The molecule has 218 valence electrons. The molecule has 2 aliphatic rings. The molecule has 3 aromatic heterocycles. The number of rotatable bonds is 5. The monoisotopic (exact) mass is 591 g/mol. The summed E-state index contributed by atoms with van der Waals surface area (Å²) < 4.78 is 40.4. The molecule has 1 aromatic carbocycles. The lowest BCUT2D eigenvalue weighted by Crippen LogP contribution is -2.45. The normalized spacial score (nSPS) is 22.3. The summed E-state index contributed by atoms with van der Waals surface area (Å²) in [7, 11) is 0. The van der Waals surface area contributed by atoms with Crippen LogP contribution in [0.2, 0.25) is 0 Å². The topological polar surface area (TPSA) is 89.5 Å². The van der Waals surface area contributed by atoms with E-state index in [0.717, 1.165) is 53.5 Å². The van der Waals surface area contributed by atoms with Gasteiger partial charge in [0.05, 0.1) is 52.4 Å². The number of nitrogens with zero attached hydrogens (tertiary/aromatic N) is 4. The van der Waals surface area contributed by atoms with E-state index in [2.05, 4.69) is 29.0 Å². The smallest absolute Gasteiger partial charge is 0.251 e. The highest BCUT2D eigenvalue weighted by atomic mass is 32.2. The number of amides is 1. The summed E-state index contributed by atoms with van der Waals surface area (Å²) >= 11 is 0.861. The lowest BCUT2D eigenvalue weighted by Gasteiger charge is -2.36. The van der Waals surface area contributed by atoms with Crippen LogP contribution in [0.25, 0.3) is 22.3 Å². The predicted octanol–water partition coefficient (Wildman–Crippen LogP) is 5.93. The van der Waals surface area contributed by atoms with Crippen molar-refractivity contribution in [2.24, 2.45) is 0 Å². The summed E-state index contributed by atoms with van der Waals surface area (Å²) in [5, 5.41) is 3.63. The van der Waals surface area contributed by atoms with Gasteiger partial charge in [0.15, 0.2) is 17.1 Å². The highest BCUT2D eigenvalue weighted by Gasteiger charge is 2.27. The van der Waals surface area contributed by atoms with Crippen LogP contribution in [0.1, 0.15) is 43.2 Å². The first-order valence-electron chi connectivity index (χ1n) is 13.9. The number of anilines is 1. The van der Waals surface area contributed by atoms with E-state index >= 15 is 0 Å². The van der Waals surface area contributed by atoms with E-state index in [9.17, 15) is 13.6 Å². The maximum atomic E-state index is 14.8. The van der Waals surface area contributed by atoms with E-state index in [1.807, 2.05) is 36.4 Å². The highest BCUT2D eigenvalue weighted by Crippen LogP contribution is 2.41. The average molecular weight is 592 g/mol. The maximum Gasteiger partial charge on any atom is 0.251 e. The van der Waals surface area contributed by atoms with Crippen molar-refractivity contribution in [3.63, 3.8) is 0 Å². The number of fused-ring (bicyclic) bond motifs is 2. The zero-order chi connectivity index (χ0) is 29.4. The quantitative estimate of drug-likeness (QED) is 0.305. The summed E-state index contributed by atoms with van der Waals surface area (Å²) in [6, 6.07) is 14.2. The van der Waals surface area contributed by atoms with E-state index < -0.39 is 23.3 Å². The first-order chi connectivity index (χ1) is 20.2. The van der Waals surface area contributed by atoms with Crippen LogP contribution < -0.4 is 15.0 Å². The minimum atomic E-state index is -1.25. The minimum absolute atomic E-state index is 0.0173. The minimum Gasteiger partial charge on any atom is -0.486 e. The van der Waals surface area contributed by atoms with Gasteiger partial charge in [-0.15, -0.1) is 0 Å². The van der Waals surface area contributed by atoms with Crippen molar-refractivity contribution in [2.45, 2.75) is 62.4 Å². The van der Waals surface area contributed by atoms with Crippen LogP contribution in [0.5, 0.6) is 5.75 Å². The van der Waals surface area contributed by atoms with Crippen molar-refractivity contribution in [1.82, 2.24) is 20.3 Å². The molecule has 0 unspecified atom stereocenters. The van der Waals surface area contributed by atoms with Crippen molar-refractivity contribution >= 4 is 34.4 Å². The van der Waals surface area contributed by atoms with Crippen LogP contribution in [0.4, 0.5) is 14.6 Å². The van der Waals surface area contributed by atoms with Gasteiger partial charge < -0.3 is 19.7 Å². The number of nitrogens with one attached hydrogen (secondary N) is 1. The number of hydrogen-bond acceptors (Lipinski definition) is 8. The van der Waals surface area contributed by atoms with E-state index in [0.29, 0.717) is 11.2 Å². The molecule has 0 aliphatic carbocycles. The van der Waals surface area contributed by atoms with Crippen molar-refractivity contribution < 1.29 is 23.0 Å². The Morgan fingerprint density at radius 2 is 1.83 bits per heavy atom. The lowest BCUT2D eigenvalue weighted by molar-refractivity contribution is -0.00545. The zero-order valence-electron chi connectivity index (χ0n) is 23.5. The standard InChI is InChI=1S/C31H31F2N5O3S/c1-17-9-28(33)42-27-11-21(10-23(32)30(27)41-17)31(39)35-14-22-12-26-20(13-34-22)7-8-25(36-26)24-5-4-6-29(37-24)38-15-18(2)40-19(3)16-38/h4-8,10-13,17-19,28H,9,14-16H2,1-3H3,(H,35,39)/t17-,18-,19+,28-/m0/s1. The van der Waals surface area contributed by atoms with Gasteiger partial charge >= 0.3 is 0 Å². The number of thioether (sulfide) groups is 1. The third-order valence-corrected chi connectivity index (χ3v) is 8.17. The Morgan fingerprint density at radius 1 is 1.05 bits per heavy atom. The molecular formula is C31H31F2N5O3S. The summed E-state index contributed by atoms with van der Waals surface area (Å²) in [6.45, 7) is 7.46. The third kappa shape index (κ3) is 6.17. The number of hydrogen-bond donors (Lipinski definition) is 1. The molecule has 5 heterocycles. The molecule has 0 bridgehead atoms. The number of benzene rings is 1. The molecule has 0 spiro atoms. The molecule has 0 saturated carbocycles. The van der Waals surface area contributed by atoms with E-state index in [1.54, 1.807) is 13.1 Å². The fourth-order valence-corrected chi connectivity index (χ4v) is 6.37. The van der Waals surface area contributed by atoms with Gasteiger partial charge in [0.2, 0.25) is 0 Å². The Morgan fingerprint density at radius 3 is 2.64 bits per heavy atom. The molecule has 0 radical (unpaired) electrons. The van der Waals surface area contributed by atoms with Gasteiger partial charge in [0.25, 0.3) is 5.91 Å². The molecule has 4 aromatic rings. The van der Waals surface area contributed by atoms with Gasteiger partial charge in [-0.3, -0.25) is 9.78 Å². The van der Waals surface area contributed by atoms with E-state index in [4.69, 9.17) is 19.4 Å². The van der Waals surface area contributed by atoms with Gasteiger partial charge in [-0.1, -0.05) is 17.8 Å². The largest absolute Gasteiger partial charge is 0.486 e. The summed E-state index contributed by atoms with van der Waals surface area (Å²) in [5.74, 6) is -0.329. The molecule has 1 fully saturated rings. The predicted molar refractivity (Wildman–Crippen MR) is 158 cm³/mol. The summed E-state index contributed by atoms with van der Waals surface area (Å²) in [6.07, 6.45) is 1.62. The Bertz CT molecular complexity index is 1630. The second kappa shape index (κ2) is 11.8. The fourth-order valence-electron chi connectivity index (χ4n) is 5.27. The van der Waals surface area contributed by atoms with Crippen LogP contribution in [-0.2, 0) is 11.3 Å². The van der Waals surface area contributed by atoms with E-state index in [-0.39, 0.29) is 41.4 Å². The van der Waals surface area contributed by atoms with Crippen LogP contribution >= 0.6 is 11.8 Å². The molecule has 8 nitrogen and oxygen atoms in total. The molecule has 1 N–H and O–H groups in total. The van der Waals surface area contributed by atoms with Gasteiger partial charge in [0.1, 0.15) is 5.82 Å². The van der Waals surface area contributed by atoms with Crippen LogP contribution in [0.15, 0.2) is 59.6 Å². The molecule has 2 aliphatic heterocycles. The Kier molecular flexibility index (Phi) is 7.96. The molecule has 42 heavy (non-hydrogen) atoms. The maximum absolute atomic E-state index is 14.8. The van der Waals surface area contributed by atoms with Crippen LogP contribution in [0.3, 0.4) is 0 Å². The van der Waals surface area contributed by atoms with Crippen molar-refractivity contribution in [1.29, 1.82) is 0 Å². The number of carbonyl (C=O) groups is 1. The number of aromatic nitrogens is 3. The number of halogens is 2. The Labute approximate surface area is 246 Å². The van der Waals surface area contributed by atoms with Crippen molar-refractivity contribution in [3.8, 4) is 17.1 Å². The highest BCUT2D eigenvalue weighted by molar-refractivity contribution is 7.99. The number of alkyl halides is 1. The number of morpholine rings is 1. The number of pyridine rings is 3. The van der Waals surface area contributed by atoms with Gasteiger partial charge in [-0.2, -0.15) is 0 Å². The second-order valence-corrected chi connectivity index (χ2v) is 12.0. The fraction of sp³-hybridized carbons (Fsp3) is 0.355. The lowest BCUT2D eigenvalue weighted by atomic mass is 10.1. The Balaban J connectivity index is 1.18. The SMILES string of the molecule is C[C@@H]1CN(c2cccc(-c3ccc4cnc(CNC(=O)c5cc(F)c6c(c5)S[C@H](F)C[C@H](C)O6)cc4n3)n2)C[C@H](C)O1. The number of ether oxygens (including phenoxy) is 2. The first kappa shape index (κ1) is 28.3. The van der Waals surface area contributed by atoms with Gasteiger partial charge in [-0.25, -0.2) is 18.7 Å². The molecule has 1 saturated heterocycles. The zero-order valence-corrected chi connectivity index (χ0v) is 24.3. The molecule has 4 atom stereocenters. The van der Waals surface area contributed by atoms with Gasteiger partial charge in [-0.05, 0) is 63.2 Å². The summed E-state index contributed by atoms with van der Waals surface area (Å²) in [5.41, 5.74) is 1.61. The third-order valence-electron chi connectivity index (χ3n) is 7.16. The molecular weight excluding hydrogens is 560 g/mol. The van der Waals surface area contributed by atoms with Crippen molar-refractivity contribution in [3.05, 3.63) is 71.8 Å². The Hall–Kier alpha value is -3.83. The van der Waals surface area contributed by atoms with Crippen LogP contribution in [-0.4, -0.2) is 57.8 Å². The second-order valence-electron chi connectivity index (χ2n) is 10.8. The first-order valence-corrected chi connectivity index (χ1v) is 14.8.